The van der Waals surface area contributed by atoms with Crippen molar-refractivity contribution in [3.63, 3.8) is 0 Å². The number of rotatable bonds is 4. The minimum atomic E-state index is -2.70. The number of benzene rings is 1. The molecule has 3 aromatic heterocycles. The molecule has 0 radical (unpaired) electrons. The smallest absolute Gasteiger partial charge is 0.274 e. The molecule has 1 aliphatic carbocycles. The Kier molecular flexibility index (Phi) is 3.54. The summed E-state index contributed by atoms with van der Waals surface area (Å²) in [4.78, 5) is 16.6. The van der Waals surface area contributed by atoms with E-state index in [0.29, 0.717) is 28.0 Å². The fourth-order valence-electron chi connectivity index (χ4n) is 3.27. The molecule has 1 fully saturated rings. The molecule has 10 heteroatoms. The van der Waals surface area contributed by atoms with Gasteiger partial charge in [0.2, 0.25) is 0 Å². The van der Waals surface area contributed by atoms with Gasteiger partial charge in [-0.3, -0.25) is 14.9 Å². The predicted octanol–water partition coefficient (Wildman–Crippen LogP) is 3.37. The minimum Gasteiger partial charge on any atom is -0.355 e. The fraction of sp³-hybridized carbons (Fsp3) is 0.222. The lowest BCUT2D eigenvalue weighted by atomic mass is 9.88. The molecule has 1 aromatic carbocycles. The van der Waals surface area contributed by atoms with E-state index in [1.807, 2.05) is 12.1 Å². The summed E-state index contributed by atoms with van der Waals surface area (Å²) < 4.78 is 31.1. The maximum Gasteiger partial charge on any atom is 0.274 e. The molecule has 4 aromatic rings. The number of alkyl halides is 2. The number of fused-ring (bicyclic) bond motifs is 2. The lowest BCUT2D eigenvalue weighted by Gasteiger charge is -2.35. The number of nitrogens with one attached hydrogen (secondary N) is 3. The van der Waals surface area contributed by atoms with Crippen molar-refractivity contribution in [1.29, 1.82) is 0 Å². The molecule has 0 bridgehead atoms. The molecule has 1 aliphatic rings. The summed E-state index contributed by atoms with van der Waals surface area (Å²) in [5, 5.41) is 17.1. The highest BCUT2D eigenvalue weighted by Gasteiger charge is 2.46. The molecule has 5 rings (SSSR count). The van der Waals surface area contributed by atoms with Gasteiger partial charge in [-0.1, -0.05) is 5.16 Å². The van der Waals surface area contributed by atoms with E-state index in [0.717, 1.165) is 5.52 Å². The van der Waals surface area contributed by atoms with E-state index < -0.39 is 17.9 Å². The van der Waals surface area contributed by atoms with Crippen LogP contribution in [0.25, 0.3) is 22.0 Å². The van der Waals surface area contributed by atoms with E-state index in [2.05, 4.69) is 31.0 Å². The maximum absolute atomic E-state index is 12.9. The van der Waals surface area contributed by atoms with E-state index in [1.54, 1.807) is 24.4 Å². The molecule has 3 heterocycles. The highest BCUT2D eigenvalue weighted by atomic mass is 19.3. The molecule has 0 aliphatic heterocycles. The molecule has 142 valence electrons. The quantitative estimate of drug-likeness (QED) is 0.498. The second-order valence-electron chi connectivity index (χ2n) is 6.77. The summed E-state index contributed by atoms with van der Waals surface area (Å²) in [5.74, 6) is -2.67. The number of nitrogens with zero attached hydrogens (tertiary/aromatic N) is 3. The SMILES string of the molecule is O=C(NC1CC(F)(F)C1)c1noc2cc(Nc3n[nH]c4cccnc34)ccc12. The van der Waals surface area contributed by atoms with Gasteiger partial charge in [0.25, 0.3) is 11.8 Å². The Bertz CT molecular complexity index is 1190. The van der Waals surface area contributed by atoms with Crippen molar-refractivity contribution in [2.75, 3.05) is 5.32 Å². The Hall–Kier alpha value is -3.56. The Morgan fingerprint density at radius 3 is 2.96 bits per heavy atom. The lowest BCUT2D eigenvalue weighted by molar-refractivity contribution is -0.0901. The monoisotopic (exact) mass is 384 g/mol. The molecule has 8 nitrogen and oxygen atoms in total. The van der Waals surface area contributed by atoms with E-state index in [9.17, 15) is 13.6 Å². The van der Waals surface area contributed by atoms with Gasteiger partial charge in [-0.05, 0) is 24.3 Å². The third-order valence-electron chi connectivity index (χ3n) is 4.70. The molecular formula is C18H14F2N6O2. The highest BCUT2D eigenvalue weighted by molar-refractivity contribution is 6.04. The number of hydrogen-bond acceptors (Lipinski definition) is 6. The number of aromatic amines is 1. The summed E-state index contributed by atoms with van der Waals surface area (Å²) in [6.45, 7) is 0. The molecule has 0 unspecified atom stereocenters. The van der Waals surface area contributed by atoms with Crippen LogP contribution >= 0.6 is 0 Å². The van der Waals surface area contributed by atoms with Crippen LogP contribution < -0.4 is 10.6 Å². The van der Waals surface area contributed by atoms with Crippen molar-refractivity contribution in [3.05, 3.63) is 42.2 Å². The van der Waals surface area contributed by atoms with Gasteiger partial charge in [0, 0.05) is 36.8 Å². The summed E-state index contributed by atoms with van der Waals surface area (Å²) in [6, 6.07) is 8.24. The summed E-state index contributed by atoms with van der Waals surface area (Å²) in [7, 11) is 0. The van der Waals surface area contributed by atoms with Crippen molar-refractivity contribution in [3.8, 4) is 0 Å². The number of carbonyl (C=O) groups is 1. The van der Waals surface area contributed by atoms with Crippen LogP contribution in [0.4, 0.5) is 20.3 Å². The number of anilines is 2. The molecule has 28 heavy (non-hydrogen) atoms. The number of halogens is 2. The number of aromatic nitrogens is 4. The summed E-state index contributed by atoms with van der Waals surface area (Å²) in [6.07, 6.45) is 0.966. The van der Waals surface area contributed by atoms with E-state index >= 15 is 0 Å². The minimum absolute atomic E-state index is 0.0728. The van der Waals surface area contributed by atoms with Crippen molar-refractivity contribution in [2.24, 2.45) is 0 Å². The second-order valence-corrected chi connectivity index (χ2v) is 6.77. The molecule has 3 N–H and O–H groups in total. The van der Waals surface area contributed by atoms with Crippen LogP contribution in [0.2, 0.25) is 0 Å². The number of carbonyl (C=O) groups excluding carboxylic acids is 1. The van der Waals surface area contributed by atoms with Crippen LogP contribution in [-0.4, -0.2) is 38.2 Å². The standard InChI is InChI=1S/C18H14F2N6O2/c19-18(20)7-10(8-18)23-17(27)14-11-4-3-9(6-13(11)28-26-14)22-16-15-12(24-25-16)2-1-5-21-15/h1-6,10H,7-8H2,(H,23,27)(H2,22,24,25). The summed E-state index contributed by atoms with van der Waals surface area (Å²) in [5.41, 5.74) is 2.63. The van der Waals surface area contributed by atoms with Crippen molar-refractivity contribution < 1.29 is 18.1 Å². The first kappa shape index (κ1) is 16.6. The number of hydrogen-bond donors (Lipinski definition) is 3. The van der Waals surface area contributed by atoms with Crippen LogP contribution in [0, 0.1) is 0 Å². The maximum atomic E-state index is 12.9. The van der Waals surface area contributed by atoms with Gasteiger partial charge in [0.15, 0.2) is 17.1 Å². The average Bonchev–Trinajstić information content (AvgIpc) is 3.24. The van der Waals surface area contributed by atoms with E-state index in [-0.39, 0.29) is 18.5 Å². The van der Waals surface area contributed by atoms with Crippen LogP contribution in [0.1, 0.15) is 23.3 Å². The lowest BCUT2D eigenvalue weighted by Crippen LogP contribution is -2.50. The van der Waals surface area contributed by atoms with Gasteiger partial charge < -0.3 is 15.2 Å². The first-order valence-corrected chi connectivity index (χ1v) is 8.63. The fourth-order valence-corrected chi connectivity index (χ4v) is 3.27. The molecular weight excluding hydrogens is 370 g/mol. The van der Waals surface area contributed by atoms with Gasteiger partial charge in [0.1, 0.15) is 5.52 Å². The Balaban J connectivity index is 1.37. The first-order valence-electron chi connectivity index (χ1n) is 8.63. The largest absolute Gasteiger partial charge is 0.355 e. The van der Waals surface area contributed by atoms with Gasteiger partial charge in [-0.25, -0.2) is 8.78 Å². The van der Waals surface area contributed by atoms with Gasteiger partial charge in [0.05, 0.1) is 10.9 Å². The number of pyridine rings is 1. The normalized spacial score (nSPS) is 16.2. The zero-order chi connectivity index (χ0) is 19.3. The predicted molar refractivity (Wildman–Crippen MR) is 96.6 cm³/mol. The number of amides is 1. The Labute approximate surface area is 156 Å². The number of H-pyrrole nitrogens is 1. The third-order valence-corrected chi connectivity index (χ3v) is 4.70. The highest BCUT2D eigenvalue weighted by Crippen LogP contribution is 2.37. The second kappa shape index (κ2) is 5.98. The van der Waals surface area contributed by atoms with Crippen LogP contribution in [0.3, 0.4) is 0 Å². The average molecular weight is 384 g/mol. The molecule has 0 atom stereocenters. The zero-order valence-electron chi connectivity index (χ0n) is 14.4. The molecule has 0 spiro atoms. The van der Waals surface area contributed by atoms with E-state index in [1.165, 1.54) is 0 Å². The topological polar surface area (TPSA) is 109 Å². The van der Waals surface area contributed by atoms with Crippen molar-refractivity contribution in [1.82, 2.24) is 25.7 Å². The van der Waals surface area contributed by atoms with Gasteiger partial charge in [-0.2, -0.15) is 5.10 Å². The Morgan fingerprint density at radius 2 is 2.14 bits per heavy atom. The van der Waals surface area contributed by atoms with Crippen molar-refractivity contribution >= 4 is 39.4 Å². The van der Waals surface area contributed by atoms with Crippen LogP contribution in [-0.2, 0) is 0 Å². The Morgan fingerprint density at radius 1 is 1.29 bits per heavy atom. The third kappa shape index (κ3) is 2.82. The first-order chi connectivity index (χ1) is 13.5. The molecule has 1 amide bonds. The van der Waals surface area contributed by atoms with Gasteiger partial charge >= 0.3 is 0 Å². The van der Waals surface area contributed by atoms with Gasteiger partial charge in [-0.15, -0.1) is 0 Å². The molecule has 1 saturated carbocycles. The van der Waals surface area contributed by atoms with Crippen molar-refractivity contribution in [2.45, 2.75) is 24.8 Å². The van der Waals surface area contributed by atoms with E-state index in [4.69, 9.17) is 4.52 Å². The molecule has 0 saturated heterocycles. The van der Waals surface area contributed by atoms with Crippen LogP contribution in [0.5, 0.6) is 0 Å². The zero-order valence-corrected chi connectivity index (χ0v) is 14.4. The summed E-state index contributed by atoms with van der Waals surface area (Å²) >= 11 is 0. The van der Waals surface area contributed by atoms with Crippen LogP contribution in [0.15, 0.2) is 41.1 Å².